The van der Waals surface area contributed by atoms with Gasteiger partial charge in [0.05, 0.1) is 5.25 Å². The predicted molar refractivity (Wildman–Crippen MR) is 62.0 cm³/mol. The number of hydrogen-bond acceptors (Lipinski definition) is 3. The van der Waals surface area contributed by atoms with E-state index in [1.165, 1.54) is 0 Å². The molecule has 90 valence electrons. The van der Waals surface area contributed by atoms with E-state index in [1.807, 2.05) is 6.92 Å². The van der Waals surface area contributed by atoms with Gasteiger partial charge in [0.25, 0.3) is 0 Å². The second kappa shape index (κ2) is 4.80. The van der Waals surface area contributed by atoms with Gasteiger partial charge in [0.2, 0.25) is 10.0 Å². The molecular weight excluding hydrogens is 212 g/mol. The summed E-state index contributed by atoms with van der Waals surface area (Å²) in [4.78, 5) is 0. The number of nitrogens with zero attached hydrogens (tertiary/aromatic N) is 1. The number of hydrogen-bond donors (Lipinski definition) is 1. The Morgan fingerprint density at radius 3 is 2.53 bits per heavy atom. The third-order valence-electron chi connectivity index (χ3n) is 3.23. The van der Waals surface area contributed by atoms with Crippen LogP contribution < -0.4 is 5.73 Å². The molecule has 4 nitrogen and oxygen atoms in total. The van der Waals surface area contributed by atoms with E-state index in [0.717, 1.165) is 12.8 Å². The highest BCUT2D eigenvalue weighted by Gasteiger charge is 2.35. The zero-order valence-electron chi connectivity index (χ0n) is 9.81. The molecule has 0 aromatic carbocycles. The highest BCUT2D eigenvalue weighted by Crippen LogP contribution is 2.25. The van der Waals surface area contributed by atoms with Crippen LogP contribution in [0, 0.1) is 5.92 Å². The Morgan fingerprint density at radius 2 is 2.00 bits per heavy atom. The second-order valence-corrected chi connectivity index (χ2v) is 7.00. The Bertz CT molecular complexity index is 303. The van der Waals surface area contributed by atoms with Crippen molar-refractivity contribution < 1.29 is 8.42 Å². The second-order valence-electron chi connectivity index (χ2n) is 4.69. The largest absolute Gasteiger partial charge is 0.329 e. The van der Waals surface area contributed by atoms with Crippen molar-refractivity contribution in [2.75, 3.05) is 13.1 Å². The van der Waals surface area contributed by atoms with Crippen molar-refractivity contribution in [3.8, 4) is 0 Å². The Hall–Kier alpha value is -0.130. The van der Waals surface area contributed by atoms with Gasteiger partial charge >= 0.3 is 0 Å². The molecule has 1 heterocycles. The van der Waals surface area contributed by atoms with Crippen molar-refractivity contribution >= 4 is 10.0 Å². The molecule has 1 aliphatic rings. The van der Waals surface area contributed by atoms with Crippen LogP contribution in [-0.4, -0.2) is 37.1 Å². The Morgan fingerprint density at radius 1 is 1.40 bits per heavy atom. The van der Waals surface area contributed by atoms with Gasteiger partial charge in [-0.2, -0.15) is 4.31 Å². The van der Waals surface area contributed by atoms with Crippen molar-refractivity contribution in [2.24, 2.45) is 11.7 Å². The zero-order valence-corrected chi connectivity index (χ0v) is 10.6. The van der Waals surface area contributed by atoms with Gasteiger partial charge in [0.15, 0.2) is 0 Å². The van der Waals surface area contributed by atoms with Gasteiger partial charge in [-0.15, -0.1) is 0 Å². The number of piperidine rings is 1. The number of sulfonamides is 1. The normalized spacial score (nSPS) is 31.5. The van der Waals surface area contributed by atoms with Crippen LogP contribution in [0.2, 0.25) is 0 Å². The maximum Gasteiger partial charge on any atom is 0.218 e. The summed E-state index contributed by atoms with van der Waals surface area (Å²) in [5.41, 5.74) is 5.44. The minimum Gasteiger partial charge on any atom is -0.329 e. The van der Waals surface area contributed by atoms with E-state index in [4.69, 9.17) is 5.73 Å². The summed E-state index contributed by atoms with van der Waals surface area (Å²) in [5.74, 6) is 0.459. The molecule has 0 spiro atoms. The molecule has 0 aromatic heterocycles. The molecule has 15 heavy (non-hydrogen) atoms. The standard InChI is InChI=1S/C10H22N2O2S/c1-8-4-5-9(2)12(7-8)15(13,14)10(3)6-11/h8-10H,4-7,11H2,1-3H3. The maximum absolute atomic E-state index is 12.1. The number of nitrogens with two attached hydrogens (primary N) is 1. The quantitative estimate of drug-likeness (QED) is 0.785. The van der Waals surface area contributed by atoms with Crippen LogP contribution in [0.5, 0.6) is 0 Å². The summed E-state index contributed by atoms with van der Waals surface area (Å²) in [6.45, 7) is 6.60. The van der Waals surface area contributed by atoms with Gasteiger partial charge in [-0.25, -0.2) is 8.42 Å². The van der Waals surface area contributed by atoms with E-state index < -0.39 is 15.3 Å². The van der Waals surface area contributed by atoms with Crippen LogP contribution in [-0.2, 0) is 10.0 Å². The molecule has 0 aromatic rings. The van der Waals surface area contributed by atoms with E-state index in [-0.39, 0.29) is 12.6 Å². The fourth-order valence-corrected chi connectivity index (χ4v) is 3.73. The first kappa shape index (κ1) is 12.9. The molecule has 1 saturated heterocycles. The SMILES string of the molecule is CC1CCC(C)N(S(=O)(=O)C(C)CN)C1. The minimum atomic E-state index is -3.19. The van der Waals surface area contributed by atoms with Gasteiger partial charge in [0, 0.05) is 19.1 Å². The lowest BCUT2D eigenvalue weighted by Gasteiger charge is -2.37. The van der Waals surface area contributed by atoms with Gasteiger partial charge < -0.3 is 5.73 Å². The Kier molecular flexibility index (Phi) is 4.14. The zero-order chi connectivity index (χ0) is 11.6. The van der Waals surface area contributed by atoms with Crippen molar-refractivity contribution in [3.05, 3.63) is 0 Å². The average molecular weight is 234 g/mol. The van der Waals surface area contributed by atoms with Crippen LogP contribution in [0.25, 0.3) is 0 Å². The monoisotopic (exact) mass is 234 g/mol. The van der Waals surface area contributed by atoms with Gasteiger partial charge in [-0.1, -0.05) is 6.92 Å². The molecule has 1 rings (SSSR count). The lowest BCUT2D eigenvalue weighted by Crippen LogP contribution is -2.49. The van der Waals surface area contributed by atoms with Crippen molar-refractivity contribution in [1.82, 2.24) is 4.31 Å². The average Bonchev–Trinajstić information content (AvgIpc) is 2.20. The van der Waals surface area contributed by atoms with Crippen molar-refractivity contribution in [1.29, 1.82) is 0 Å². The van der Waals surface area contributed by atoms with E-state index in [9.17, 15) is 8.42 Å². The first-order chi connectivity index (χ1) is 6.89. The van der Waals surface area contributed by atoms with Gasteiger partial charge in [0.1, 0.15) is 0 Å². The first-order valence-electron chi connectivity index (χ1n) is 5.60. The van der Waals surface area contributed by atoms with Crippen LogP contribution in [0.4, 0.5) is 0 Å². The Labute approximate surface area is 92.9 Å². The molecule has 0 saturated carbocycles. The summed E-state index contributed by atoms with van der Waals surface area (Å²) >= 11 is 0. The summed E-state index contributed by atoms with van der Waals surface area (Å²) in [6, 6.07) is 0.125. The number of rotatable bonds is 3. The summed E-state index contributed by atoms with van der Waals surface area (Å²) in [5, 5.41) is -0.467. The van der Waals surface area contributed by atoms with Crippen molar-refractivity contribution in [2.45, 2.75) is 44.9 Å². The molecule has 0 radical (unpaired) electrons. The van der Waals surface area contributed by atoms with Crippen molar-refractivity contribution in [3.63, 3.8) is 0 Å². The highest BCUT2D eigenvalue weighted by atomic mass is 32.2. The molecule has 1 aliphatic heterocycles. The lowest BCUT2D eigenvalue weighted by atomic mass is 9.97. The molecule has 2 N–H and O–H groups in total. The van der Waals surface area contributed by atoms with Gasteiger partial charge in [-0.3, -0.25) is 0 Å². The topological polar surface area (TPSA) is 63.4 Å². The predicted octanol–water partition coefficient (Wildman–Crippen LogP) is 0.784. The summed E-state index contributed by atoms with van der Waals surface area (Å²) < 4.78 is 25.9. The molecule has 0 bridgehead atoms. The van der Waals surface area contributed by atoms with Crippen LogP contribution in [0.15, 0.2) is 0 Å². The van der Waals surface area contributed by atoms with E-state index >= 15 is 0 Å². The molecule has 3 unspecified atom stereocenters. The molecule has 3 atom stereocenters. The fraction of sp³-hybridized carbons (Fsp3) is 1.00. The lowest BCUT2D eigenvalue weighted by molar-refractivity contribution is 0.216. The van der Waals surface area contributed by atoms with Gasteiger partial charge in [-0.05, 0) is 32.6 Å². The fourth-order valence-electron chi connectivity index (χ4n) is 1.96. The summed E-state index contributed by atoms with van der Waals surface area (Å²) in [7, 11) is -3.19. The molecule has 0 aliphatic carbocycles. The van der Waals surface area contributed by atoms with Crippen LogP contribution in [0.1, 0.15) is 33.6 Å². The van der Waals surface area contributed by atoms with E-state index in [1.54, 1.807) is 11.2 Å². The third-order valence-corrected chi connectivity index (χ3v) is 5.60. The minimum absolute atomic E-state index is 0.125. The molecule has 0 amide bonds. The van der Waals surface area contributed by atoms with E-state index in [0.29, 0.717) is 12.5 Å². The maximum atomic E-state index is 12.1. The molecule has 1 fully saturated rings. The Balaban J connectivity index is 2.85. The third kappa shape index (κ3) is 2.71. The highest BCUT2D eigenvalue weighted by molar-refractivity contribution is 7.89. The summed E-state index contributed by atoms with van der Waals surface area (Å²) in [6.07, 6.45) is 2.07. The van der Waals surface area contributed by atoms with E-state index in [2.05, 4.69) is 6.92 Å². The molecule has 5 heteroatoms. The van der Waals surface area contributed by atoms with Crippen LogP contribution in [0.3, 0.4) is 0 Å². The first-order valence-corrected chi connectivity index (χ1v) is 7.10. The smallest absolute Gasteiger partial charge is 0.218 e. The molecular formula is C10H22N2O2S. The van der Waals surface area contributed by atoms with Crippen LogP contribution >= 0.6 is 0 Å².